The molecule has 0 radical (unpaired) electrons. The fourth-order valence-electron chi connectivity index (χ4n) is 1.10. The van der Waals surface area contributed by atoms with Crippen LogP contribution in [0.4, 0.5) is 0 Å². The molecule has 1 rings (SSSR count). The molecule has 0 unspecified atom stereocenters. The molecule has 0 saturated carbocycles. The van der Waals surface area contributed by atoms with E-state index in [-0.39, 0.29) is 0 Å². The second kappa shape index (κ2) is 4.55. The van der Waals surface area contributed by atoms with Crippen molar-refractivity contribution in [2.45, 2.75) is 6.92 Å². The van der Waals surface area contributed by atoms with Crippen LogP contribution in [0.15, 0.2) is 30.5 Å². The average Bonchev–Trinajstić information content (AvgIpc) is 2.18. The quantitative estimate of drug-likeness (QED) is 0.662. The van der Waals surface area contributed by atoms with Gasteiger partial charge in [-0.05, 0) is 30.2 Å². The van der Waals surface area contributed by atoms with Crippen molar-refractivity contribution in [2.75, 3.05) is 14.2 Å². The van der Waals surface area contributed by atoms with Crippen molar-refractivity contribution in [1.29, 1.82) is 0 Å². The van der Waals surface area contributed by atoms with Crippen LogP contribution in [0.1, 0.15) is 12.5 Å². The van der Waals surface area contributed by atoms with E-state index in [0.717, 1.165) is 16.9 Å². The minimum absolute atomic E-state index is 0.869. The molecule has 0 aliphatic rings. The van der Waals surface area contributed by atoms with Gasteiger partial charge in [0.25, 0.3) is 0 Å². The topological polar surface area (TPSA) is 18.5 Å². The summed E-state index contributed by atoms with van der Waals surface area (Å²) in [5.41, 5.74) is 2.24. The Kier molecular flexibility index (Phi) is 3.38. The third-order valence-corrected chi connectivity index (χ3v) is 1.84. The van der Waals surface area contributed by atoms with Crippen LogP contribution in [-0.4, -0.2) is 14.2 Å². The Hall–Kier alpha value is -1.44. The molecule has 0 atom stereocenters. The summed E-state index contributed by atoms with van der Waals surface area (Å²) >= 11 is 0. The number of hydrogen-bond donors (Lipinski definition) is 0. The first kappa shape index (κ1) is 9.65. The first-order valence-corrected chi connectivity index (χ1v) is 4.12. The van der Waals surface area contributed by atoms with Gasteiger partial charge >= 0.3 is 0 Å². The zero-order chi connectivity index (χ0) is 9.68. The van der Waals surface area contributed by atoms with Crippen LogP contribution in [-0.2, 0) is 4.74 Å². The second-order valence-corrected chi connectivity index (χ2v) is 2.77. The fourth-order valence-corrected chi connectivity index (χ4v) is 1.10. The molecule has 0 bridgehead atoms. The lowest BCUT2D eigenvalue weighted by Gasteiger charge is -2.03. The molecule has 2 nitrogen and oxygen atoms in total. The summed E-state index contributed by atoms with van der Waals surface area (Å²) in [5.74, 6) is 0.869. The summed E-state index contributed by atoms with van der Waals surface area (Å²) in [4.78, 5) is 0. The lowest BCUT2D eigenvalue weighted by molar-refractivity contribution is 0.339. The van der Waals surface area contributed by atoms with Crippen LogP contribution in [0, 0.1) is 0 Å². The maximum atomic E-state index is 5.06. The van der Waals surface area contributed by atoms with E-state index in [2.05, 4.69) is 0 Å². The third-order valence-electron chi connectivity index (χ3n) is 1.84. The first-order chi connectivity index (χ1) is 6.27. The van der Waals surface area contributed by atoms with E-state index in [4.69, 9.17) is 9.47 Å². The molecule has 0 saturated heterocycles. The molecule has 2 heteroatoms. The molecule has 0 aliphatic heterocycles. The Morgan fingerprint density at radius 2 is 1.77 bits per heavy atom. The van der Waals surface area contributed by atoms with Crippen molar-refractivity contribution in [1.82, 2.24) is 0 Å². The van der Waals surface area contributed by atoms with Gasteiger partial charge in [-0.2, -0.15) is 0 Å². The van der Waals surface area contributed by atoms with Crippen molar-refractivity contribution in [3.05, 3.63) is 36.1 Å². The number of ether oxygens (including phenoxy) is 2. The van der Waals surface area contributed by atoms with Crippen LogP contribution in [0.5, 0.6) is 5.75 Å². The van der Waals surface area contributed by atoms with E-state index in [1.54, 1.807) is 20.5 Å². The van der Waals surface area contributed by atoms with Gasteiger partial charge in [0, 0.05) is 0 Å². The molecular formula is C11H14O2. The molecule has 0 spiro atoms. The van der Waals surface area contributed by atoms with E-state index >= 15 is 0 Å². The van der Waals surface area contributed by atoms with Gasteiger partial charge in [0.05, 0.1) is 20.5 Å². The summed E-state index contributed by atoms with van der Waals surface area (Å²) in [6.45, 7) is 2.01. The van der Waals surface area contributed by atoms with Crippen LogP contribution >= 0.6 is 0 Å². The van der Waals surface area contributed by atoms with Gasteiger partial charge in [-0.25, -0.2) is 0 Å². The highest BCUT2D eigenvalue weighted by Crippen LogP contribution is 2.17. The largest absolute Gasteiger partial charge is 0.504 e. The van der Waals surface area contributed by atoms with E-state index < -0.39 is 0 Å². The summed E-state index contributed by atoms with van der Waals surface area (Å²) in [7, 11) is 3.31. The Bertz CT molecular complexity index is 285. The Morgan fingerprint density at radius 1 is 1.15 bits per heavy atom. The molecule has 0 fully saturated rings. The zero-order valence-electron chi connectivity index (χ0n) is 8.20. The SMILES string of the molecule is CO/C=C(/C)c1ccc(OC)cc1. The van der Waals surface area contributed by atoms with Crippen molar-refractivity contribution in [3.8, 4) is 5.75 Å². The molecule has 1 aromatic rings. The predicted molar refractivity (Wildman–Crippen MR) is 53.7 cm³/mol. The van der Waals surface area contributed by atoms with Gasteiger partial charge in [0.2, 0.25) is 0 Å². The molecule has 0 heterocycles. The Balaban J connectivity index is 2.85. The molecule has 0 amide bonds. The highest BCUT2D eigenvalue weighted by molar-refractivity contribution is 5.63. The minimum atomic E-state index is 0.869. The maximum absolute atomic E-state index is 5.06. The molecular weight excluding hydrogens is 164 g/mol. The second-order valence-electron chi connectivity index (χ2n) is 2.77. The molecule has 0 aromatic heterocycles. The monoisotopic (exact) mass is 178 g/mol. The van der Waals surface area contributed by atoms with E-state index in [1.165, 1.54) is 0 Å². The molecule has 0 aliphatic carbocycles. The van der Waals surface area contributed by atoms with Gasteiger partial charge in [-0.3, -0.25) is 0 Å². The summed E-state index contributed by atoms with van der Waals surface area (Å²) in [6, 6.07) is 7.87. The Labute approximate surface area is 78.8 Å². The van der Waals surface area contributed by atoms with Crippen molar-refractivity contribution in [3.63, 3.8) is 0 Å². The van der Waals surface area contributed by atoms with Gasteiger partial charge in [-0.15, -0.1) is 0 Å². The molecule has 0 N–H and O–H groups in total. The average molecular weight is 178 g/mol. The number of hydrogen-bond acceptors (Lipinski definition) is 2. The fraction of sp³-hybridized carbons (Fsp3) is 0.273. The summed E-state index contributed by atoms with van der Waals surface area (Å²) in [5, 5.41) is 0. The third kappa shape index (κ3) is 2.51. The van der Waals surface area contributed by atoms with Crippen LogP contribution in [0.2, 0.25) is 0 Å². The lowest BCUT2D eigenvalue weighted by Crippen LogP contribution is -1.84. The highest BCUT2D eigenvalue weighted by atomic mass is 16.5. The normalized spacial score (nSPS) is 11.2. The number of benzene rings is 1. The van der Waals surface area contributed by atoms with Crippen LogP contribution < -0.4 is 4.74 Å². The first-order valence-electron chi connectivity index (χ1n) is 4.12. The molecule has 1 aromatic carbocycles. The highest BCUT2D eigenvalue weighted by Gasteiger charge is 1.95. The smallest absolute Gasteiger partial charge is 0.118 e. The summed E-state index contributed by atoms with van der Waals surface area (Å²) < 4.78 is 9.98. The van der Waals surface area contributed by atoms with Gasteiger partial charge in [0.1, 0.15) is 5.75 Å². The number of methoxy groups -OCH3 is 2. The number of rotatable bonds is 3. The van der Waals surface area contributed by atoms with Crippen molar-refractivity contribution in [2.24, 2.45) is 0 Å². The molecule has 13 heavy (non-hydrogen) atoms. The standard InChI is InChI=1S/C11H14O2/c1-9(8-12-2)10-4-6-11(13-3)7-5-10/h4-8H,1-3H3/b9-8-. The van der Waals surface area contributed by atoms with E-state index in [9.17, 15) is 0 Å². The van der Waals surface area contributed by atoms with E-state index in [1.807, 2.05) is 31.2 Å². The predicted octanol–water partition coefficient (Wildman–Crippen LogP) is 2.70. The summed E-state index contributed by atoms with van der Waals surface area (Å²) in [6.07, 6.45) is 1.72. The number of allylic oxidation sites excluding steroid dienone is 1. The van der Waals surface area contributed by atoms with Gasteiger partial charge in [-0.1, -0.05) is 12.1 Å². The molecule has 70 valence electrons. The van der Waals surface area contributed by atoms with Crippen molar-refractivity contribution < 1.29 is 9.47 Å². The van der Waals surface area contributed by atoms with Crippen LogP contribution in [0.3, 0.4) is 0 Å². The Morgan fingerprint density at radius 3 is 2.23 bits per heavy atom. The van der Waals surface area contributed by atoms with E-state index in [0.29, 0.717) is 0 Å². The maximum Gasteiger partial charge on any atom is 0.118 e. The van der Waals surface area contributed by atoms with Crippen molar-refractivity contribution >= 4 is 5.57 Å². The minimum Gasteiger partial charge on any atom is -0.504 e. The zero-order valence-corrected chi connectivity index (χ0v) is 8.20. The van der Waals surface area contributed by atoms with Crippen LogP contribution in [0.25, 0.3) is 5.57 Å². The lowest BCUT2D eigenvalue weighted by atomic mass is 10.1. The van der Waals surface area contributed by atoms with Gasteiger partial charge in [0.15, 0.2) is 0 Å². The van der Waals surface area contributed by atoms with Gasteiger partial charge < -0.3 is 9.47 Å².